The van der Waals surface area contributed by atoms with Gasteiger partial charge in [-0.15, -0.1) is 0 Å². The number of rotatable bonds is 8. The molecule has 0 spiro atoms. The van der Waals surface area contributed by atoms with Gasteiger partial charge in [-0.1, -0.05) is 60.2 Å². The molecule has 3 rings (SSSR count). The summed E-state index contributed by atoms with van der Waals surface area (Å²) in [6.45, 7) is 9.28. The fourth-order valence-corrected chi connectivity index (χ4v) is 4.02. The highest BCUT2D eigenvalue weighted by Crippen LogP contribution is 2.34. The van der Waals surface area contributed by atoms with Crippen LogP contribution in [0.1, 0.15) is 69.7 Å². The molecule has 0 heterocycles. The first-order valence-electron chi connectivity index (χ1n) is 12.2. The molecular formula is C28H37N3O4. The van der Waals surface area contributed by atoms with Gasteiger partial charge in [-0.3, -0.25) is 9.59 Å². The summed E-state index contributed by atoms with van der Waals surface area (Å²) in [6.07, 6.45) is 1.97. The first kappa shape index (κ1) is 26.3. The molecule has 1 aliphatic carbocycles. The van der Waals surface area contributed by atoms with Crippen molar-refractivity contribution in [2.24, 2.45) is 0 Å². The molecule has 1 saturated carbocycles. The Morgan fingerprint density at radius 3 is 2.20 bits per heavy atom. The van der Waals surface area contributed by atoms with Crippen molar-refractivity contribution in [2.45, 2.75) is 84.2 Å². The number of alkyl carbamates (subject to hydrolysis) is 1. The lowest BCUT2D eigenvalue weighted by molar-refractivity contribution is -0.147. The molecule has 0 aliphatic heterocycles. The van der Waals surface area contributed by atoms with Gasteiger partial charge in [0.1, 0.15) is 17.7 Å². The third-order valence-corrected chi connectivity index (χ3v) is 6.06. The molecule has 35 heavy (non-hydrogen) atoms. The second kappa shape index (κ2) is 11.4. The highest BCUT2D eigenvalue weighted by Gasteiger charge is 2.40. The summed E-state index contributed by atoms with van der Waals surface area (Å²) in [7, 11) is 0. The number of benzene rings is 2. The Bertz CT molecular complexity index is 1010. The maximum atomic E-state index is 13.7. The van der Waals surface area contributed by atoms with Crippen LogP contribution in [-0.4, -0.2) is 40.5 Å². The van der Waals surface area contributed by atoms with Crippen molar-refractivity contribution in [1.29, 1.82) is 0 Å². The van der Waals surface area contributed by atoms with Crippen molar-refractivity contribution in [1.82, 2.24) is 15.5 Å². The summed E-state index contributed by atoms with van der Waals surface area (Å²) in [4.78, 5) is 41.3. The third-order valence-electron chi connectivity index (χ3n) is 6.06. The lowest BCUT2D eigenvalue weighted by Gasteiger charge is -2.43. The van der Waals surface area contributed by atoms with E-state index in [0.717, 1.165) is 36.0 Å². The van der Waals surface area contributed by atoms with E-state index in [9.17, 15) is 14.4 Å². The summed E-state index contributed by atoms with van der Waals surface area (Å²) in [5.41, 5.74) is 2.11. The first-order valence-corrected chi connectivity index (χ1v) is 12.2. The van der Waals surface area contributed by atoms with Crippen molar-refractivity contribution < 1.29 is 19.1 Å². The molecule has 2 atom stereocenters. The average Bonchev–Trinajstić information content (AvgIpc) is 2.76. The van der Waals surface area contributed by atoms with Gasteiger partial charge >= 0.3 is 6.09 Å². The fraction of sp³-hybridized carbons (Fsp3) is 0.464. The predicted octanol–water partition coefficient (Wildman–Crippen LogP) is 4.65. The van der Waals surface area contributed by atoms with E-state index < -0.39 is 23.8 Å². The Labute approximate surface area is 208 Å². The molecule has 2 aromatic rings. The lowest BCUT2D eigenvalue weighted by atomic mass is 9.88. The van der Waals surface area contributed by atoms with Crippen LogP contribution in [0.15, 0.2) is 54.6 Å². The van der Waals surface area contributed by atoms with Crippen LogP contribution in [0.2, 0.25) is 0 Å². The largest absolute Gasteiger partial charge is 0.444 e. The Balaban J connectivity index is 1.87. The monoisotopic (exact) mass is 479 g/mol. The van der Waals surface area contributed by atoms with Crippen LogP contribution >= 0.6 is 0 Å². The van der Waals surface area contributed by atoms with Crippen LogP contribution in [0.4, 0.5) is 4.79 Å². The normalized spacial score (nSPS) is 15.3. The standard InChI is InChI=1S/C28H37N3O4/c1-19-14-16-22(17-15-19)24(25(32)29-18-21-10-7-6-8-11-21)31(23-12-9-13-23)26(33)20(2)30-27(34)35-28(3,4)5/h6-8,10-11,14-17,20,23-24H,9,12-13,18H2,1-5H3,(H,29,32)(H,30,34). The van der Waals surface area contributed by atoms with E-state index in [1.807, 2.05) is 61.5 Å². The number of nitrogens with zero attached hydrogens (tertiary/aromatic N) is 1. The molecule has 1 aliphatic rings. The second-order valence-corrected chi connectivity index (χ2v) is 10.2. The number of nitrogens with one attached hydrogen (secondary N) is 2. The Morgan fingerprint density at radius 1 is 1.03 bits per heavy atom. The molecule has 188 valence electrons. The van der Waals surface area contributed by atoms with E-state index in [1.54, 1.807) is 32.6 Å². The number of hydrogen-bond donors (Lipinski definition) is 2. The SMILES string of the molecule is Cc1ccc(C(C(=O)NCc2ccccc2)N(C(=O)C(C)NC(=O)OC(C)(C)C)C2CCC2)cc1. The Kier molecular flexibility index (Phi) is 8.54. The number of amides is 3. The summed E-state index contributed by atoms with van der Waals surface area (Å²) in [5.74, 6) is -0.552. The molecule has 0 radical (unpaired) electrons. The van der Waals surface area contributed by atoms with E-state index >= 15 is 0 Å². The van der Waals surface area contributed by atoms with E-state index in [0.29, 0.717) is 6.54 Å². The van der Waals surface area contributed by atoms with Crippen molar-refractivity contribution in [3.05, 3.63) is 71.3 Å². The highest BCUT2D eigenvalue weighted by molar-refractivity contribution is 5.92. The summed E-state index contributed by atoms with van der Waals surface area (Å²) in [6, 6.07) is 15.6. The zero-order chi connectivity index (χ0) is 25.6. The van der Waals surface area contributed by atoms with Crippen molar-refractivity contribution in [2.75, 3.05) is 0 Å². The molecule has 7 nitrogen and oxygen atoms in total. The van der Waals surface area contributed by atoms with Crippen LogP contribution in [0.3, 0.4) is 0 Å². The van der Waals surface area contributed by atoms with Gasteiger partial charge in [0.25, 0.3) is 0 Å². The molecule has 0 bridgehead atoms. The topological polar surface area (TPSA) is 87.7 Å². The van der Waals surface area contributed by atoms with Gasteiger partial charge in [-0.05, 0) is 65.0 Å². The maximum absolute atomic E-state index is 13.7. The third kappa shape index (κ3) is 7.31. The number of carbonyl (C=O) groups excluding carboxylic acids is 3. The quantitative estimate of drug-likeness (QED) is 0.577. The van der Waals surface area contributed by atoms with E-state index in [4.69, 9.17) is 4.74 Å². The van der Waals surface area contributed by atoms with E-state index in [1.165, 1.54) is 0 Å². The zero-order valence-electron chi connectivity index (χ0n) is 21.3. The molecule has 3 amide bonds. The van der Waals surface area contributed by atoms with Crippen LogP contribution in [0, 0.1) is 6.92 Å². The highest BCUT2D eigenvalue weighted by atomic mass is 16.6. The van der Waals surface area contributed by atoms with Crippen molar-refractivity contribution >= 4 is 17.9 Å². The second-order valence-electron chi connectivity index (χ2n) is 10.2. The van der Waals surface area contributed by atoms with Crippen LogP contribution in [-0.2, 0) is 20.9 Å². The Morgan fingerprint density at radius 2 is 1.66 bits per heavy atom. The fourth-order valence-electron chi connectivity index (χ4n) is 4.02. The number of carbonyl (C=O) groups is 3. The van der Waals surface area contributed by atoms with Gasteiger partial charge in [0.2, 0.25) is 11.8 Å². The maximum Gasteiger partial charge on any atom is 0.408 e. The van der Waals surface area contributed by atoms with Crippen LogP contribution in [0.25, 0.3) is 0 Å². The van der Waals surface area contributed by atoms with Gasteiger partial charge in [0, 0.05) is 12.6 Å². The average molecular weight is 480 g/mol. The van der Waals surface area contributed by atoms with E-state index in [-0.39, 0.29) is 17.9 Å². The van der Waals surface area contributed by atoms with Gasteiger partial charge < -0.3 is 20.3 Å². The Hall–Kier alpha value is -3.35. The number of aryl methyl sites for hydroxylation is 1. The molecule has 0 saturated heterocycles. The summed E-state index contributed by atoms with van der Waals surface area (Å²) >= 11 is 0. The number of hydrogen-bond acceptors (Lipinski definition) is 4. The van der Waals surface area contributed by atoms with Gasteiger partial charge in [-0.2, -0.15) is 0 Å². The minimum atomic E-state index is -0.847. The van der Waals surface area contributed by atoms with Crippen LogP contribution < -0.4 is 10.6 Å². The molecule has 0 aromatic heterocycles. The minimum absolute atomic E-state index is 0.0702. The first-order chi connectivity index (χ1) is 16.5. The summed E-state index contributed by atoms with van der Waals surface area (Å²) < 4.78 is 5.33. The molecule has 1 fully saturated rings. The zero-order valence-corrected chi connectivity index (χ0v) is 21.3. The molecule has 7 heteroatoms. The smallest absolute Gasteiger partial charge is 0.408 e. The van der Waals surface area contributed by atoms with Gasteiger partial charge in [0.15, 0.2) is 0 Å². The van der Waals surface area contributed by atoms with Gasteiger partial charge in [-0.25, -0.2) is 4.79 Å². The van der Waals surface area contributed by atoms with E-state index in [2.05, 4.69) is 10.6 Å². The molecule has 2 N–H and O–H groups in total. The number of ether oxygens (including phenoxy) is 1. The lowest BCUT2D eigenvalue weighted by Crippen LogP contribution is -2.56. The predicted molar refractivity (Wildman–Crippen MR) is 136 cm³/mol. The van der Waals surface area contributed by atoms with Crippen molar-refractivity contribution in [3.63, 3.8) is 0 Å². The molecule has 2 unspecified atom stereocenters. The minimum Gasteiger partial charge on any atom is -0.444 e. The molecular weight excluding hydrogens is 442 g/mol. The van der Waals surface area contributed by atoms with Gasteiger partial charge in [0.05, 0.1) is 0 Å². The summed E-state index contributed by atoms with van der Waals surface area (Å²) in [5, 5.41) is 5.66. The van der Waals surface area contributed by atoms with Crippen LogP contribution in [0.5, 0.6) is 0 Å². The molecule has 2 aromatic carbocycles. The van der Waals surface area contributed by atoms with Crippen molar-refractivity contribution in [3.8, 4) is 0 Å².